The normalized spacial score (nSPS) is 12.3. The molecular weight excluding hydrogens is 444 g/mol. The number of nitro groups is 1. The zero-order valence-electron chi connectivity index (χ0n) is 17.8. The fourth-order valence-electron chi connectivity index (χ4n) is 3.58. The maximum atomic E-state index is 11.1. The summed E-state index contributed by atoms with van der Waals surface area (Å²) in [4.78, 5) is 18.1. The van der Waals surface area contributed by atoms with Gasteiger partial charge in [-0.3, -0.25) is 10.1 Å². The summed E-state index contributed by atoms with van der Waals surface area (Å²) in [5, 5.41) is 33.2. The quantitative estimate of drug-likeness (QED) is 0.175. The maximum Gasteiger partial charge on any atom is 0.310 e. The second kappa shape index (κ2) is 8.23. The van der Waals surface area contributed by atoms with Crippen LogP contribution in [0.2, 0.25) is 5.02 Å². The molecular formula is C24H21ClN4O4. The predicted molar refractivity (Wildman–Crippen MR) is 129 cm³/mol. The molecule has 1 heterocycles. The number of aromatic hydroxyl groups is 2. The monoisotopic (exact) mass is 464 g/mol. The summed E-state index contributed by atoms with van der Waals surface area (Å²) in [7, 11) is 0. The van der Waals surface area contributed by atoms with Gasteiger partial charge in [-0.05, 0) is 55.8 Å². The maximum absolute atomic E-state index is 11.1. The van der Waals surface area contributed by atoms with Gasteiger partial charge in [0.05, 0.1) is 27.4 Å². The molecule has 0 spiro atoms. The molecule has 4 rings (SSSR count). The third-order valence-corrected chi connectivity index (χ3v) is 5.51. The minimum absolute atomic E-state index is 0.149. The van der Waals surface area contributed by atoms with E-state index in [1.165, 1.54) is 18.2 Å². The Morgan fingerprint density at radius 2 is 1.79 bits per heavy atom. The Labute approximate surface area is 194 Å². The third kappa shape index (κ3) is 4.39. The number of aromatic amines is 1. The van der Waals surface area contributed by atoms with Crippen LogP contribution in [0.1, 0.15) is 30.5 Å². The summed E-state index contributed by atoms with van der Waals surface area (Å²) in [5.74, 6) is -0.656. The van der Waals surface area contributed by atoms with E-state index in [0.717, 1.165) is 5.56 Å². The number of phenols is 1. The molecule has 3 aromatic carbocycles. The molecule has 0 aliphatic carbocycles. The topological polar surface area (TPSA) is 138 Å². The highest BCUT2D eigenvalue weighted by Gasteiger charge is 2.22. The number of rotatable bonds is 5. The van der Waals surface area contributed by atoms with E-state index in [0.29, 0.717) is 38.5 Å². The van der Waals surface area contributed by atoms with Gasteiger partial charge in [0.15, 0.2) is 11.6 Å². The molecule has 1 aromatic heterocycles. The number of nitrogens with two attached hydrogens (primary N) is 1. The van der Waals surface area contributed by atoms with Gasteiger partial charge in [0, 0.05) is 27.6 Å². The van der Waals surface area contributed by atoms with Crippen molar-refractivity contribution in [2.45, 2.75) is 19.4 Å². The van der Waals surface area contributed by atoms with Crippen LogP contribution in [-0.4, -0.2) is 25.8 Å². The third-order valence-electron chi connectivity index (χ3n) is 5.28. The van der Waals surface area contributed by atoms with Crippen molar-refractivity contribution in [1.82, 2.24) is 4.98 Å². The van der Waals surface area contributed by atoms with Crippen molar-refractivity contribution in [3.63, 3.8) is 0 Å². The van der Waals surface area contributed by atoms with E-state index in [-0.39, 0.29) is 5.88 Å². The smallest absolute Gasteiger partial charge is 0.310 e. The average Bonchev–Trinajstić information content (AvgIpc) is 3.06. The van der Waals surface area contributed by atoms with E-state index < -0.39 is 21.9 Å². The van der Waals surface area contributed by atoms with Crippen LogP contribution in [0.3, 0.4) is 0 Å². The first-order valence-electron chi connectivity index (χ1n) is 10.0. The molecule has 9 heteroatoms. The molecule has 0 saturated heterocycles. The summed E-state index contributed by atoms with van der Waals surface area (Å²) >= 11 is 6.09. The second-order valence-electron chi connectivity index (χ2n) is 8.23. The highest BCUT2D eigenvalue weighted by molar-refractivity contribution is 6.31. The first-order valence-corrected chi connectivity index (χ1v) is 10.4. The van der Waals surface area contributed by atoms with Crippen LogP contribution < -0.4 is 5.73 Å². The van der Waals surface area contributed by atoms with E-state index in [4.69, 9.17) is 22.3 Å². The summed E-state index contributed by atoms with van der Waals surface area (Å²) < 4.78 is 0. The average molecular weight is 465 g/mol. The van der Waals surface area contributed by atoms with E-state index in [1.54, 1.807) is 30.3 Å². The molecule has 0 amide bonds. The van der Waals surface area contributed by atoms with Gasteiger partial charge >= 0.3 is 5.69 Å². The Bertz CT molecular complexity index is 1400. The number of nitro benzene ring substituents is 1. The Morgan fingerprint density at radius 3 is 2.39 bits per heavy atom. The standard InChI is InChI=1S/C24H21ClN4O4/c1-24(2,26)14-4-7-16(8-5-14)27-22(13-3-10-19(29(32)33)20(30)11-13)21-17-9-6-15(25)12-18(17)28-23(21)31/h3-12,28,30-31H,26H2,1-2H3. The number of phenolic OH excluding ortho intramolecular Hbond substituents is 1. The van der Waals surface area contributed by atoms with Crippen LogP contribution >= 0.6 is 11.6 Å². The Morgan fingerprint density at radius 1 is 1.09 bits per heavy atom. The molecule has 8 nitrogen and oxygen atoms in total. The van der Waals surface area contributed by atoms with Crippen molar-refractivity contribution >= 4 is 39.6 Å². The zero-order valence-corrected chi connectivity index (χ0v) is 18.6. The van der Waals surface area contributed by atoms with Crippen molar-refractivity contribution in [2.24, 2.45) is 10.7 Å². The number of halogens is 1. The lowest BCUT2D eigenvalue weighted by atomic mass is 9.95. The summed E-state index contributed by atoms with van der Waals surface area (Å²) in [6.45, 7) is 3.79. The fraction of sp³-hybridized carbons (Fsp3) is 0.125. The number of benzene rings is 3. The highest BCUT2D eigenvalue weighted by atomic mass is 35.5. The lowest BCUT2D eigenvalue weighted by Gasteiger charge is -2.19. The number of H-pyrrole nitrogens is 1. The lowest BCUT2D eigenvalue weighted by molar-refractivity contribution is -0.385. The van der Waals surface area contributed by atoms with Gasteiger partial charge in [-0.25, -0.2) is 4.99 Å². The molecule has 5 N–H and O–H groups in total. The van der Waals surface area contributed by atoms with Gasteiger partial charge in [0.25, 0.3) is 0 Å². The van der Waals surface area contributed by atoms with Crippen molar-refractivity contribution in [1.29, 1.82) is 0 Å². The van der Waals surface area contributed by atoms with Gasteiger partial charge in [0.1, 0.15) is 0 Å². The van der Waals surface area contributed by atoms with Crippen molar-refractivity contribution in [3.8, 4) is 11.6 Å². The fourth-order valence-corrected chi connectivity index (χ4v) is 3.75. The van der Waals surface area contributed by atoms with E-state index >= 15 is 0 Å². The number of aliphatic imine (C=N–C) groups is 1. The van der Waals surface area contributed by atoms with Gasteiger partial charge < -0.3 is 20.9 Å². The van der Waals surface area contributed by atoms with Crippen LogP contribution in [0.4, 0.5) is 11.4 Å². The Hall–Kier alpha value is -3.88. The molecule has 33 heavy (non-hydrogen) atoms. The summed E-state index contributed by atoms with van der Waals surface area (Å²) in [6.07, 6.45) is 0. The van der Waals surface area contributed by atoms with Gasteiger partial charge in [-0.2, -0.15) is 0 Å². The van der Waals surface area contributed by atoms with Gasteiger partial charge in [0.2, 0.25) is 0 Å². The molecule has 0 aliphatic heterocycles. The van der Waals surface area contributed by atoms with Gasteiger partial charge in [-0.15, -0.1) is 0 Å². The first kappa shape index (κ1) is 22.3. The molecule has 4 aromatic rings. The van der Waals surface area contributed by atoms with Crippen LogP contribution in [0.5, 0.6) is 11.6 Å². The Kier molecular flexibility index (Phi) is 5.57. The Balaban J connectivity index is 1.94. The number of nitrogens with zero attached hydrogens (tertiary/aromatic N) is 2. The van der Waals surface area contributed by atoms with Crippen molar-refractivity contribution in [2.75, 3.05) is 0 Å². The summed E-state index contributed by atoms with van der Waals surface area (Å²) in [5.41, 5.74) is 8.35. The first-order chi connectivity index (χ1) is 15.5. The largest absolute Gasteiger partial charge is 0.502 e. The molecule has 0 aliphatic rings. The van der Waals surface area contributed by atoms with Crippen LogP contribution in [-0.2, 0) is 5.54 Å². The summed E-state index contributed by atoms with van der Waals surface area (Å²) in [6, 6.07) is 16.3. The van der Waals surface area contributed by atoms with E-state index in [2.05, 4.69) is 4.98 Å². The molecule has 0 fully saturated rings. The number of aromatic nitrogens is 1. The number of hydrogen-bond acceptors (Lipinski definition) is 6. The number of fused-ring (bicyclic) bond motifs is 1. The number of hydrogen-bond donors (Lipinski definition) is 4. The van der Waals surface area contributed by atoms with Crippen molar-refractivity contribution < 1.29 is 15.1 Å². The highest BCUT2D eigenvalue weighted by Crippen LogP contribution is 2.35. The van der Waals surface area contributed by atoms with E-state index in [9.17, 15) is 20.3 Å². The second-order valence-corrected chi connectivity index (χ2v) is 8.66. The zero-order chi connectivity index (χ0) is 23.9. The van der Waals surface area contributed by atoms with Gasteiger partial charge in [-0.1, -0.05) is 29.8 Å². The minimum Gasteiger partial charge on any atom is -0.502 e. The molecule has 168 valence electrons. The molecule has 0 bridgehead atoms. The predicted octanol–water partition coefficient (Wildman–Crippen LogP) is 5.50. The molecule has 0 atom stereocenters. The molecule has 0 radical (unpaired) electrons. The molecule has 0 unspecified atom stereocenters. The SMILES string of the molecule is CC(C)(N)c1ccc(N=C(c2ccc([N+](=O)[O-])c(O)c2)c2c(O)[nH]c3cc(Cl)ccc23)cc1. The molecule has 0 saturated carbocycles. The van der Waals surface area contributed by atoms with E-state index in [1.807, 2.05) is 26.0 Å². The van der Waals surface area contributed by atoms with Crippen LogP contribution in [0.25, 0.3) is 10.9 Å². The van der Waals surface area contributed by atoms with Crippen LogP contribution in [0, 0.1) is 10.1 Å². The lowest BCUT2D eigenvalue weighted by Crippen LogP contribution is -2.28. The number of nitrogens with one attached hydrogen (secondary N) is 1. The minimum atomic E-state index is -0.672. The van der Waals surface area contributed by atoms with Crippen molar-refractivity contribution in [3.05, 3.63) is 92.5 Å². The van der Waals surface area contributed by atoms with Crippen LogP contribution in [0.15, 0.2) is 65.7 Å².